The Morgan fingerprint density at radius 2 is 2.17 bits per heavy atom. The Bertz CT molecular complexity index is 418. The van der Waals surface area contributed by atoms with E-state index in [1.807, 2.05) is 12.1 Å². The lowest BCUT2D eigenvalue weighted by atomic mass is 10.1. The summed E-state index contributed by atoms with van der Waals surface area (Å²) in [5.41, 5.74) is 1.30. The SMILES string of the molecule is Brc1ccc2c(c1)CC(CNCC1CCCO1)O2. The van der Waals surface area contributed by atoms with Crippen LogP contribution in [0.3, 0.4) is 0 Å². The molecule has 0 radical (unpaired) electrons. The first-order chi connectivity index (χ1) is 8.81. The van der Waals surface area contributed by atoms with Crippen molar-refractivity contribution >= 4 is 15.9 Å². The third kappa shape index (κ3) is 2.87. The summed E-state index contributed by atoms with van der Waals surface area (Å²) >= 11 is 3.49. The first-order valence-corrected chi connectivity index (χ1v) is 7.38. The van der Waals surface area contributed by atoms with E-state index in [0.717, 1.165) is 36.3 Å². The third-order valence-corrected chi connectivity index (χ3v) is 4.03. The zero-order chi connectivity index (χ0) is 12.4. The van der Waals surface area contributed by atoms with Gasteiger partial charge >= 0.3 is 0 Å². The summed E-state index contributed by atoms with van der Waals surface area (Å²) in [5, 5.41) is 3.46. The molecule has 2 atom stereocenters. The van der Waals surface area contributed by atoms with E-state index in [4.69, 9.17) is 9.47 Å². The van der Waals surface area contributed by atoms with Gasteiger partial charge in [0.2, 0.25) is 0 Å². The lowest BCUT2D eigenvalue weighted by molar-refractivity contribution is 0.107. The van der Waals surface area contributed by atoms with Crippen molar-refractivity contribution in [3.8, 4) is 5.75 Å². The smallest absolute Gasteiger partial charge is 0.123 e. The summed E-state index contributed by atoms with van der Waals surface area (Å²) in [6.07, 6.45) is 4.05. The fourth-order valence-corrected chi connectivity index (χ4v) is 3.02. The van der Waals surface area contributed by atoms with Crippen LogP contribution in [-0.4, -0.2) is 31.9 Å². The molecule has 98 valence electrons. The van der Waals surface area contributed by atoms with E-state index in [9.17, 15) is 0 Å². The maximum atomic E-state index is 5.90. The Labute approximate surface area is 116 Å². The highest BCUT2D eigenvalue weighted by atomic mass is 79.9. The summed E-state index contributed by atoms with van der Waals surface area (Å²) in [5.74, 6) is 1.03. The quantitative estimate of drug-likeness (QED) is 0.927. The van der Waals surface area contributed by atoms with Crippen LogP contribution in [0.25, 0.3) is 0 Å². The fraction of sp³-hybridized carbons (Fsp3) is 0.571. The van der Waals surface area contributed by atoms with E-state index in [-0.39, 0.29) is 6.10 Å². The second-order valence-electron chi connectivity index (χ2n) is 4.99. The maximum absolute atomic E-state index is 5.90. The van der Waals surface area contributed by atoms with Gasteiger partial charge in [-0.25, -0.2) is 0 Å². The minimum Gasteiger partial charge on any atom is -0.488 e. The van der Waals surface area contributed by atoms with Gasteiger partial charge in [-0.05, 0) is 36.6 Å². The predicted octanol–water partition coefficient (Wildman–Crippen LogP) is 2.52. The summed E-state index contributed by atoms with van der Waals surface area (Å²) in [6.45, 7) is 2.76. The van der Waals surface area contributed by atoms with Crippen molar-refractivity contribution in [2.45, 2.75) is 31.5 Å². The van der Waals surface area contributed by atoms with Crippen LogP contribution in [0.5, 0.6) is 5.75 Å². The third-order valence-electron chi connectivity index (χ3n) is 3.53. The topological polar surface area (TPSA) is 30.5 Å². The van der Waals surface area contributed by atoms with Gasteiger partial charge in [0.25, 0.3) is 0 Å². The van der Waals surface area contributed by atoms with E-state index in [0.29, 0.717) is 6.10 Å². The minimum absolute atomic E-state index is 0.260. The maximum Gasteiger partial charge on any atom is 0.123 e. The highest BCUT2D eigenvalue weighted by Crippen LogP contribution is 2.30. The van der Waals surface area contributed by atoms with E-state index in [1.165, 1.54) is 18.4 Å². The zero-order valence-electron chi connectivity index (χ0n) is 10.3. The van der Waals surface area contributed by atoms with E-state index in [2.05, 4.69) is 27.3 Å². The number of hydrogen-bond acceptors (Lipinski definition) is 3. The average molecular weight is 312 g/mol. The molecule has 0 spiro atoms. The van der Waals surface area contributed by atoms with Crippen LogP contribution in [-0.2, 0) is 11.2 Å². The van der Waals surface area contributed by atoms with Crippen molar-refractivity contribution in [2.75, 3.05) is 19.7 Å². The molecule has 2 unspecified atom stereocenters. The molecule has 3 nitrogen and oxygen atoms in total. The van der Waals surface area contributed by atoms with E-state index >= 15 is 0 Å². The molecule has 1 saturated heterocycles. The molecule has 1 fully saturated rings. The second-order valence-corrected chi connectivity index (χ2v) is 5.90. The molecular weight excluding hydrogens is 294 g/mol. The highest BCUT2D eigenvalue weighted by molar-refractivity contribution is 9.10. The van der Waals surface area contributed by atoms with Crippen LogP contribution in [0.15, 0.2) is 22.7 Å². The monoisotopic (exact) mass is 311 g/mol. The van der Waals surface area contributed by atoms with E-state index < -0.39 is 0 Å². The number of nitrogens with one attached hydrogen (secondary N) is 1. The molecule has 1 N–H and O–H groups in total. The number of hydrogen-bond donors (Lipinski definition) is 1. The average Bonchev–Trinajstić information content (AvgIpc) is 2.97. The summed E-state index contributed by atoms with van der Waals surface area (Å²) in [7, 11) is 0. The lowest BCUT2D eigenvalue weighted by Gasteiger charge is -2.14. The molecule has 2 aliphatic heterocycles. The Hall–Kier alpha value is -0.580. The van der Waals surface area contributed by atoms with Gasteiger partial charge in [0.15, 0.2) is 0 Å². The number of halogens is 1. The first kappa shape index (κ1) is 12.5. The van der Waals surface area contributed by atoms with Crippen LogP contribution in [0, 0.1) is 0 Å². The van der Waals surface area contributed by atoms with Gasteiger partial charge in [-0.3, -0.25) is 0 Å². The predicted molar refractivity (Wildman–Crippen MR) is 74.1 cm³/mol. The van der Waals surface area contributed by atoms with E-state index in [1.54, 1.807) is 0 Å². The molecule has 1 aromatic carbocycles. The van der Waals surface area contributed by atoms with Crippen LogP contribution in [0.2, 0.25) is 0 Å². The Kier molecular flexibility index (Phi) is 3.87. The number of fused-ring (bicyclic) bond motifs is 1. The lowest BCUT2D eigenvalue weighted by Crippen LogP contribution is -2.34. The Morgan fingerprint density at radius 1 is 1.28 bits per heavy atom. The van der Waals surface area contributed by atoms with Gasteiger partial charge in [0, 0.05) is 30.6 Å². The van der Waals surface area contributed by atoms with Crippen molar-refractivity contribution < 1.29 is 9.47 Å². The molecule has 2 heterocycles. The molecule has 1 aromatic rings. The minimum atomic E-state index is 0.260. The molecular formula is C14H18BrNO2. The van der Waals surface area contributed by atoms with Crippen molar-refractivity contribution in [3.63, 3.8) is 0 Å². The Balaban J connectivity index is 1.46. The molecule has 18 heavy (non-hydrogen) atoms. The Morgan fingerprint density at radius 3 is 3.00 bits per heavy atom. The summed E-state index contributed by atoms with van der Waals surface area (Å²) in [6, 6.07) is 6.22. The molecule has 0 amide bonds. The second kappa shape index (κ2) is 5.59. The molecule has 0 aromatic heterocycles. The van der Waals surface area contributed by atoms with Gasteiger partial charge in [-0.2, -0.15) is 0 Å². The fourth-order valence-electron chi connectivity index (χ4n) is 2.61. The van der Waals surface area contributed by atoms with Gasteiger partial charge in [-0.1, -0.05) is 15.9 Å². The molecule has 0 aliphatic carbocycles. The molecule has 2 aliphatic rings. The van der Waals surface area contributed by atoms with Gasteiger partial charge in [0.1, 0.15) is 11.9 Å². The number of rotatable bonds is 4. The van der Waals surface area contributed by atoms with Crippen molar-refractivity contribution in [1.82, 2.24) is 5.32 Å². The highest BCUT2D eigenvalue weighted by Gasteiger charge is 2.23. The van der Waals surface area contributed by atoms with Crippen molar-refractivity contribution in [1.29, 1.82) is 0 Å². The van der Waals surface area contributed by atoms with Crippen LogP contribution in [0.1, 0.15) is 18.4 Å². The zero-order valence-corrected chi connectivity index (χ0v) is 11.9. The van der Waals surface area contributed by atoms with Crippen molar-refractivity contribution in [2.24, 2.45) is 0 Å². The standard InChI is InChI=1S/C14H18BrNO2/c15-11-3-4-14-10(6-11)7-13(18-14)9-16-8-12-2-1-5-17-12/h3-4,6,12-13,16H,1-2,5,7-9H2. The van der Waals surface area contributed by atoms with Gasteiger partial charge in [-0.15, -0.1) is 0 Å². The molecule has 0 saturated carbocycles. The largest absolute Gasteiger partial charge is 0.488 e. The van der Waals surface area contributed by atoms with Crippen molar-refractivity contribution in [3.05, 3.63) is 28.2 Å². The number of benzene rings is 1. The normalized spacial score (nSPS) is 26.1. The molecule has 4 heteroatoms. The van der Waals surface area contributed by atoms with Crippen LogP contribution in [0.4, 0.5) is 0 Å². The number of ether oxygens (including phenoxy) is 2. The molecule has 0 bridgehead atoms. The van der Waals surface area contributed by atoms with Gasteiger partial charge in [0.05, 0.1) is 6.10 Å². The molecule has 3 rings (SSSR count). The summed E-state index contributed by atoms with van der Waals surface area (Å²) in [4.78, 5) is 0. The first-order valence-electron chi connectivity index (χ1n) is 6.58. The van der Waals surface area contributed by atoms with Gasteiger partial charge < -0.3 is 14.8 Å². The van der Waals surface area contributed by atoms with Crippen LogP contribution >= 0.6 is 15.9 Å². The van der Waals surface area contributed by atoms with Crippen LogP contribution < -0.4 is 10.1 Å². The summed E-state index contributed by atoms with van der Waals surface area (Å²) < 4.78 is 12.6.